The Balaban J connectivity index is 2.29. The lowest BCUT2D eigenvalue weighted by Gasteiger charge is -2.11. The molecule has 8 heteroatoms. The van der Waals surface area contributed by atoms with Gasteiger partial charge in [-0.05, 0) is 18.2 Å². The number of carboxylic acid groups (broad SMARTS) is 2. The molecule has 120 valence electrons. The van der Waals surface area contributed by atoms with E-state index < -0.39 is 46.1 Å². The molecule has 2 aromatic carbocycles. The quantitative estimate of drug-likeness (QED) is 0.646. The van der Waals surface area contributed by atoms with Crippen LogP contribution in [0.5, 0.6) is 11.5 Å². The molecule has 2 N–H and O–H groups in total. The predicted octanol–water partition coefficient (Wildman–Crippen LogP) is 2.19. The average molecular weight is 328 g/mol. The Morgan fingerprint density at radius 3 is 2.12 bits per heavy atom. The van der Waals surface area contributed by atoms with E-state index in [0.717, 1.165) is 6.07 Å². The zero-order valence-electron chi connectivity index (χ0n) is 11.8. The van der Waals surface area contributed by atoms with Gasteiger partial charge < -0.3 is 19.7 Å². The number of para-hydroxylation sites is 1. The van der Waals surface area contributed by atoms with Gasteiger partial charge in [-0.25, -0.2) is 19.2 Å². The summed E-state index contributed by atoms with van der Waals surface area (Å²) >= 11 is 0. The normalized spacial score (nSPS) is 12.5. The third-order valence-corrected chi connectivity index (χ3v) is 3.30. The number of carbonyl (C=O) groups excluding carboxylic acids is 2. The smallest absolute Gasteiger partial charge is 0.350 e. The molecule has 1 heterocycles. The molecule has 1 aliphatic heterocycles. The number of rotatable bonds is 4. The first-order valence-corrected chi connectivity index (χ1v) is 6.57. The average Bonchev–Trinajstić information content (AvgIpc) is 2.83. The Hall–Kier alpha value is -3.68. The van der Waals surface area contributed by atoms with E-state index in [2.05, 4.69) is 4.74 Å². The summed E-state index contributed by atoms with van der Waals surface area (Å²) < 4.78 is 9.88. The molecular weight excluding hydrogens is 320 g/mol. The van der Waals surface area contributed by atoms with Crippen molar-refractivity contribution in [2.24, 2.45) is 0 Å². The number of fused-ring (bicyclic) bond motifs is 1. The van der Waals surface area contributed by atoms with Gasteiger partial charge in [0.25, 0.3) is 0 Å². The van der Waals surface area contributed by atoms with Crippen molar-refractivity contribution >= 4 is 23.9 Å². The molecule has 1 aliphatic rings. The lowest BCUT2D eigenvalue weighted by Crippen LogP contribution is -2.14. The van der Waals surface area contributed by atoms with Crippen molar-refractivity contribution in [3.63, 3.8) is 0 Å². The number of benzene rings is 2. The Morgan fingerprint density at radius 1 is 0.917 bits per heavy atom. The van der Waals surface area contributed by atoms with E-state index in [1.165, 1.54) is 0 Å². The summed E-state index contributed by atoms with van der Waals surface area (Å²) in [5.41, 5.74) is -2.53. The molecule has 0 saturated carbocycles. The number of hydrogen-bond donors (Lipinski definition) is 2. The van der Waals surface area contributed by atoms with Crippen LogP contribution in [0.4, 0.5) is 0 Å². The van der Waals surface area contributed by atoms with Gasteiger partial charge in [0, 0.05) is 0 Å². The minimum absolute atomic E-state index is 0.269. The minimum atomic E-state index is -1.67. The number of hydrogen-bond acceptors (Lipinski definition) is 6. The van der Waals surface area contributed by atoms with Crippen LogP contribution in [-0.2, 0) is 4.74 Å². The van der Waals surface area contributed by atoms with Crippen LogP contribution in [0.1, 0.15) is 41.4 Å². The summed E-state index contributed by atoms with van der Waals surface area (Å²) in [7, 11) is 0. The molecule has 24 heavy (non-hydrogen) atoms. The largest absolute Gasteiger partial charge is 0.478 e. The minimum Gasteiger partial charge on any atom is -0.478 e. The van der Waals surface area contributed by atoms with Gasteiger partial charge in [0.05, 0.1) is 16.7 Å². The van der Waals surface area contributed by atoms with Crippen molar-refractivity contribution in [1.82, 2.24) is 0 Å². The van der Waals surface area contributed by atoms with Gasteiger partial charge in [0.2, 0.25) is 0 Å². The van der Waals surface area contributed by atoms with Crippen LogP contribution in [0, 0.1) is 0 Å². The number of carboxylic acids is 2. The lowest BCUT2D eigenvalue weighted by molar-refractivity contribution is 0.0438. The number of ether oxygens (including phenoxy) is 2. The fourth-order valence-corrected chi connectivity index (χ4v) is 2.34. The second kappa shape index (κ2) is 5.51. The molecule has 0 saturated heterocycles. The number of cyclic esters (lactones) is 2. The molecule has 0 atom stereocenters. The maximum Gasteiger partial charge on any atom is 0.350 e. The van der Waals surface area contributed by atoms with Gasteiger partial charge in [0.15, 0.2) is 0 Å². The SMILES string of the molecule is O=C(O)c1cc(Oc2ccccc2)c2c(c1C(=O)O)C(=O)OC2=O. The second-order valence-electron chi connectivity index (χ2n) is 4.75. The van der Waals surface area contributed by atoms with E-state index >= 15 is 0 Å². The molecule has 2 aromatic rings. The van der Waals surface area contributed by atoms with E-state index in [1.54, 1.807) is 30.3 Å². The summed E-state index contributed by atoms with van der Waals surface area (Å²) in [5.74, 6) is -5.57. The van der Waals surface area contributed by atoms with Gasteiger partial charge in [-0.2, -0.15) is 0 Å². The van der Waals surface area contributed by atoms with Crippen LogP contribution in [0.25, 0.3) is 0 Å². The first kappa shape index (κ1) is 15.2. The topological polar surface area (TPSA) is 127 Å². The lowest BCUT2D eigenvalue weighted by atomic mass is 9.96. The zero-order valence-corrected chi connectivity index (χ0v) is 11.8. The van der Waals surface area contributed by atoms with Gasteiger partial charge in [-0.1, -0.05) is 18.2 Å². The van der Waals surface area contributed by atoms with Gasteiger partial charge >= 0.3 is 23.9 Å². The molecule has 0 aliphatic carbocycles. The van der Waals surface area contributed by atoms with Crippen molar-refractivity contribution in [3.05, 3.63) is 58.7 Å². The summed E-state index contributed by atoms with van der Waals surface area (Å²) in [6.45, 7) is 0. The van der Waals surface area contributed by atoms with Crippen molar-refractivity contribution in [2.45, 2.75) is 0 Å². The van der Waals surface area contributed by atoms with Gasteiger partial charge in [-0.15, -0.1) is 0 Å². The number of esters is 2. The van der Waals surface area contributed by atoms with Crippen molar-refractivity contribution in [3.8, 4) is 11.5 Å². The van der Waals surface area contributed by atoms with E-state index in [9.17, 15) is 29.4 Å². The summed E-state index contributed by atoms with van der Waals surface area (Å²) in [5, 5.41) is 18.5. The summed E-state index contributed by atoms with van der Waals surface area (Å²) in [4.78, 5) is 46.5. The standard InChI is InChI=1S/C16H8O8/c17-13(18)8-6-9(23-7-4-2-1-3-5-7)11-12(10(8)14(19)20)16(22)24-15(11)21/h1-6H,(H,17,18)(H,19,20). The maximum absolute atomic E-state index is 11.9. The Labute approximate surface area is 133 Å². The second-order valence-corrected chi connectivity index (χ2v) is 4.75. The molecule has 0 unspecified atom stereocenters. The first-order chi connectivity index (χ1) is 11.4. The highest BCUT2D eigenvalue weighted by atomic mass is 16.6. The monoisotopic (exact) mass is 328 g/mol. The van der Waals surface area contributed by atoms with Crippen LogP contribution in [0.3, 0.4) is 0 Å². The first-order valence-electron chi connectivity index (χ1n) is 6.57. The van der Waals surface area contributed by atoms with Crippen molar-refractivity contribution < 1.29 is 38.9 Å². The number of aromatic carboxylic acids is 2. The van der Waals surface area contributed by atoms with E-state index in [1.807, 2.05) is 0 Å². The Kier molecular flexibility index (Phi) is 3.49. The zero-order chi connectivity index (χ0) is 17.4. The van der Waals surface area contributed by atoms with Crippen LogP contribution in [0.2, 0.25) is 0 Å². The summed E-state index contributed by atoms with van der Waals surface area (Å²) in [6.07, 6.45) is 0. The Morgan fingerprint density at radius 2 is 1.54 bits per heavy atom. The highest BCUT2D eigenvalue weighted by molar-refractivity contribution is 6.22. The van der Waals surface area contributed by atoms with Gasteiger partial charge in [-0.3, -0.25) is 0 Å². The molecule has 8 nitrogen and oxygen atoms in total. The van der Waals surface area contributed by atoms with Crippen LogP contribution >= 0.6 is 0 Å². The van der Waals surface area contributed by atoms with Crippen molar-refractivity contribution in [2.75, 3.05) is 0 Å². The molecule has 0 spiro atoms. The van der Waals surface area contributed by atoms with Gasteiger partial charge in [0.1, 0.15) is 17.1 Å². The Bertz CT molecular complexity index is 898. The predicted molar refractivity (Wildman–Crippen MR) is 76.6 cm³/mol. The van der Waals surface area contributed by atoms with Crippen LogP contribution in [0.15, 0.2) is 36.4 Å². The molecule has 0 amide bonds. The van der Waals surface area contributed by atoms with E-state index in [0.29, 0.717) is 0 Å². The molecular formula is C16H8O8. The van der Waals surface area contributed by atoms with Crippen LogP contribution < -0.4 is 4.74 Å². The van der Waals surface area contributed by atoms with Crippen LogP contribution in [-0.4, -0.2) is 34.1 Å². The van der Waals surface area contributed by atoms with E-state index in [-0.39, 0.29) is 11.5 Å². The number of carbonyl (C=O) groups is 4. The fourth-order valence-electron chi connectivity index (χ4n) is 2.34. The maximum atomic E-state index is 11.9. The highest BCUT2D eigenvalue weighted by Crippen LogP contribution is 2.37. The highest BCUT2D eigenvalue weighted by Gasteiger charge is 2.40. The molecule has 0 bridgehead atoms. The third-order valence-electron chi connectivity index (χ3n) is 3.30. The third kappa shape index (κ3) is 2.35. The molecule has 3 rings (SSSR count). The molecule has 0 fully saturated rings. The molecule has 0 radical (unpaired) electrons. The summed E-state index contributed by atoms with van der Waals surface area (Å²) in [6, 6.07) is 8.97. The molecule has 0 aromatic heterocycles. The fraction of sp³-hybridized carbons (Fsp3) is 0. The van der Waals surface area contributed by atoms with E-state index in [4.69, 9.17) is 4.74 Å². The van der Waals surface area contributed by atoms with Crippen molar-refractivity contribution in [1.29, 1.82) is 0 Å².